The van der Waals surface area contributed by atoms with Crippen molar-refractivity contribution in [1.82, 2.24) is 0 Å². The van der Waals surface area contributed by atoms with Crippen molar-refractivity contribution in [2.24, 2.45) is 0 Å². The molecule has 0 amide bonds. The van der Waals surface area contributed by atoms with Crippen molar-refractivity contribution < 1.29 is 9.47 Å². The molecular weight excluding hydrogens is 279 g/mol. The smallest absolute Gasteiger partial charge is 0.169 e. The maximum atomic E-state index is 6.02. The van der Waals surface area contributed by atoms with Gasteiger partial charge in [0.1, 0.15) is 0 Å². The molecule has 0 N–H and O–H groups in total. The summed E-state index contributed by atoms with van der Waals surface area (Å²) in [6.07, 6.45) is 6.68. The zero-order valence-electron chi connectivity index (χ0n) is 8.09. The Morgan fingerprint density at radius 1 is 1.23 bits per heavy atom. The number of hydrogen-bond donors (Lipinski definition) is 0. The molecule has 0 aromatic carbocycles. The molecule has 76 valence electrons. The topological polar surface area (TPSA) is 18.5 Å². The minimum Gasteiger partial charge on any atom is -0.344 e. The number of halogens is 1. The lowest BCUT2D eigenvalue weighted by atomic mass is 9.94. The fraction of sp³-hybridized carbons (Fsp3) is 1.00. The van der Waals surface area contributed by atoms with Gasteiger partial charge in [-0.3, -0.25) is 0 Å². The van der Waals surface area contributed by atoms with Crippen molar-refractivity contribution in [3.63, 3.8) is 0 Å². The number of ether oxygens (including phenoxy) is 2. The van der Waals surface area contributed by atoms with Crippen molar-refractivity contribution >= 4 is 22.6 Å². The normalized spacial score (nSPS) is 38.3. The molecule has 2 nitrogen and oxygen atoms in total. The van der Waals surface area contributed by atoms with Crippen molar-refractivity contribution in [1.29, 1.82) is 0 Å². The molecule has 1 saturated carbocycles. The van der Waals surface area contributed by atoms with Crippen molar-refractivity contribution in [3.05, 3.63) is 0 Å². The van der Waals surface area contributed by atoms with Crippen molar-refractivity contribution in [2.75, 3.05) is 4.43 Å². The second kappa shape index (κ2) is 4.03. The van der Waals surface area contributed by atoms with Gasteiger partial charge in [0.2, 0.25) is 0 Å². The van der Waals surface area contributed by atoms with E-state index in [1.165, 1.54) is 19.3 Å². The van der Waals surface area contributed by atoms with Crippen LogP contribution in [0.2, 0.25) is 0 Å². The second-order valence-corrected chi connectivity index (χ2v) is 4.99. The molecule has 0 unspecified atom stereocenters. The van der Waals surface area contributed by atoms with E-state index < -0.39 is 0 Å². The molecule has 2 aliphatic rings. The van der Waals surface area contributed by atoms with Gasteiger partial charge in [0.05, 0.1) is 12.2 Å². The van der Waals surface area contributed by atoms with Gasteiger partial charge in [-0.25, -0.2) is 0 Å². The first-order valence-corrected chi connectivity index (χ1v) is 6.70. The van der Waals surface area contributed by atoms with Crippen LogP contribution in [0, 0.1) is 0 Å². The van der Waals surface area contributed by atoms with Gasteiger partial charge in [0.15, 0.2) is 5.79 Å². The molecular formula is C10H17IO2. The van der Waals surface area contributed by atoms with Gasteiger partial charge in [0.25, 0.3) is 0 Å². The first-order chi connectivity index (χ1) is 6.26. The summed E-state index contributed by atoms with van der Waals surface area (Å²) < 4.78 is 13.0. The number of hydrogen-bond acceptors (Lipinski definition) is 2. The molecule has 1 heterocycles. The van der Waals surface area contributed by atoms with E-state index in [2.05, 4.69) is 29.5 Å². The zero-order valence-corrected chi connectivity index (χ0v) is 10.2. The fourth-order valence-electron chi connectivity index (χ4n) is 2.30. The second-order valence-electron chi connectivity index (χ2n) is 4.10. The fourth-order valence-corrected chi connectivity index (χ4v) is 3.19. The quantitative estimate of drug-likeness (QED) is 0.547. The van der Waals surface area contributed by atoms with Crippen molar-refractivity contribution in [3.8, 4) is 0 Å². The molecule has 1 aliphatic carbocycles. The summed E-state index contributed by atoms with van der Waals surface area (Å²) >= 11 is 2.38. The third-order valence-corrected chi connectivity index (χ3v) is 3.93. The maximum Gasteiger partial charge on any atom is 0.169 e. The maximum absolute atomic E-state index is 6.02. The largest absolute Gasteiger partial charge is 0.344 e. The zero-order chi connectivity index (χ0) is 9.31. The van der Waals surface area contributed by atoms with Crippen molar-refractivity contribution in [2.45, 2.75) is 57.0 Å². The van der Waals surface area contributed by atoms with E-state index in [1.807, 2.05) is 0 Å². The summed E-state index contributed by atoms with van der Waals surface area (Å²) in [5.74, 6) is -0.187. The third-order valence-electron chi connectivity index (χ3n) is 3.06. The highest BCUT2D eigenvalue weighted by Gasteiger charge is 2.45. The van der Waals surface area contributed by atoms with Gasteiger partial charge < -0.3 is 9.47 Å². The van der Waals surface area contributed by atoms with Gasteiger partial charge >= 0.3 is 0 Å². The monoisotopic (exact) mass is 296 g/mol. The average Bonchev–Trinajstić information content (AvgIpc) is 2.44. The molecule has 13 heavy (non-hydrogen) atoms. The summed E-state index contributed by atoms with van der Waals surface area (Å²) in [6, 6.07) is 0. The van der Waals surface area contributed by atoms with E-state index in [1.54, 1.807) is 0 Å². The average molecular weight is 296 g/mol. The summed E-state index contributed by atoms with van der Waals surface area (Å²) in [4.78, 5) is 0. The van der Waals surface area contributed by atoms with Crippen LogP contribution in [-0.2, 0) is 9.47 Å². The first-order valence-electron chi connectivity index (χ1n) is 5.17. The highest BCUT2D eigenvalue weighted by Crippen LogP contribution is 2.40. The highest BCUT2D eigenvalue weighted by molar-refractivity contribution is 14.1. The van der Waals surface area contributed by atoms with Crippen LogP contribution >= 0.6 is 22.6 Å². The lowest BCUT2D eigenvalue weighted by molar-refractivity contribution is -0.191. The van der Waals surface area contributed by atoms with Crippen LogP contribution < -0.4 is 0 Å². The Balaban J connectivity index is 2.01. The molecule has 0 bridgehead atoms. The molecule has 2 fully saturated rings. The minimum absolute atomic E-state index is 0.187. The van der Waals surface area contributed by atoms with E-state index in [9.17, 15) is 0 Å². The van der Waals surface area contributed by atoms with E-state index >= 15 is 0 Å². The van der Waals surface area contributed by atoms with Crippen LogP contribution in [0.5, 0.6) is 0 Å². The lowest BCUT2D eigenvalue weighted by Gasteiger charge is -2.31. The summed E-state index contributed by atoms with van der Waals surface area (Å²) in [5, 5.41) is 0. The first kappa shape index (κ1) is 10.2. The standard InChI is InChI=1S/C10H17IO2/c1-8-9(7-11)13-10(12-8)5-3-2-4-6-10/h8-9H,2-7H2,1H3/t8-,9-/m0/s1. The predicted molar refractivity (Wildman–Crippen MR) is 60.1 cm³/mol. The Kier molecular flexibility index (Phi) is 3.15. The Labute approximate surface area is 93.5 Å². The summed E-state index contributed by atoms with van der Waals surface area (Å²) in [7, 11) is 0. The van der Waals surface area contributed by atoms with Gasteiger partial charge in [-0.15, -0.1) is 0 Å². The van der Waals surface area contributed by atoms with E-state index in [4.69, 9.17) is 9.47 Å². The van der Waals surface area contributed by atoms with Gasteiger partial charge in [-0.1, -0.05) is 29.0 Å². The Bertz CT molecular complexity index is 178. The third kappa shape index (κ3) is 2.02. The molecule has 1 saturated heterocycles. The minimum atomic E-state index is -0.187. The van der Waals surface area contributed by atoms with Crippen LogP contribution in [0.4, 0.5) is 0 Å². The molecule has 0 aromatic rings. The molecule has 3 heteroatoms. The van der Waals surface area contributed by atoms with Crippen LogP contribution in [-0.4, -0.2) is 22.4 Å². The summed E-state index contributed by atoms with van der Waals surface area (Å²) in [6.45, 7) is 2.13. The number of rotatable bonds is 1. The molecule has 1 spiro atoms. The molecule has 2 rings (SSSR count). The van der Waals surface area contributed by atoms with Gasteiger partial charge in [-0.05, 0) is 19.8 Å². The SMILES string of the molecule is C[C@@H]1OC2(CCCCC2)O[C@H]1CI. The molecule has 0 aromatic heterocycles. The molecule has 2 atom stereocenters. The van der Waals surface area contributed by atoms with Crippen LogP contribution in [0.1, 0.15) is 39.0 Å². The van der Waals surface area contributed by atoms with Crippen LogP contribution in [0.25, 0.3) is 0 Å². The Morgan fingerprint density at radius 2 is 1.92 bits per heavy atom. The van der Waals surface area contributed by atoms with Gasteiger partial charge in [0, 0.05) is 17.3 Å². The highest BCUT2D eigenvalue weighted by atomic mass is 127. The molecule has 0 radical (unpaired) electrons. The Morgan fingerprint density at radius 3 is 2.46 bits per heavy atom. The van der Waals surface area contributed by atoms with Crippen LogP contribution in [0.15, 0.2) is 0 Å². The van der Waals surface area contributed by atoms with E-state index in [0.717, 1.165) is 17.3 Å². The van der Waals surface area contributed by atoms with E-state index in [-0.39, 0.29) is 11.9 Å². The van der Waals surface area contributed by atoms with Crippen LogP contribution in [0.3, 0.4) is 0 Å². The summed E-state index contributed by atoms with van der Waals surface area (Å²) in [5.41, 5.74) is 0. The number of alkyl halides is 1. The van der Waals surface area contributed by atoms with Gasteiger partial charge in [-0.2, -0.15) is 0 Å². The predicted octanol–water partition coefficient (Wildman–Crippen LogP) is 2.89. The van der Waals surface area contributed by atoms with E-state index in [0.29, 0.717) is 6.10 Å². The Hall–Kier alpha value is 0.650. The lowest BCUT2D eigenvalue weighted by Crippen LogP contribution is -2.33. The molecule has 1 aliphatic heterocycles.